The van der Waals surface area contributed by atoms with E-state index in [-0.39, 0.29) is 70.2 Å². The van der Waals surface area contributed by atoms with Crippen molar-refractivity contribution < 1.29 is 43.0 Å². The number of Topliss-reactive ketones (excluding diaryl/α,β-unsaturated/α-hetero) is 2. The van der Waals surface area contributed by atoms with Crippen LogP contribution in [-0.4, -0.2) is 94.9 Å². The SMILES string of the molecule is NCCCCCCC1NC(=O)[C@H](Cc2c[nH]c3ccccc23)CC(=O)[C@H](c2ccccc2)NC(=O)[C@@H]2CC(OC(=O)CCCN)CN2C(=O)[C@H](Cc2ccccc2)NC(=O)[C@H](Cc2ccc(OCc3ccccc3)cc2)CC1=O. The number of aromatic nitrogens is 1. The zero-order valence-corrected chi connectivity index (χ0v) is 44.7. The first-order valence-electron chi connectivity index (χ1n) is 27.7. The molecule has 0 saturated carbocycles. The number of ketones is 2. The van der Waals surface area contributed by atoms with Gasteiger partial charge in [-0.05, 0) is 91.2 Å². The van der Waals surface area contributed by atoms with Crippen molar-refractivity contribution in [3.8, 4) is 5.75 Å². The van der Waals surface area contributed by atoms with Gasteiger partial charge in [-0.2, -0.15) is 0 Å². The molecule has 16 nitrogen and oxygen atoms in total. The predicted molar refractivity (Wildman–Crippen MR) is 301 cm³/mol. The molecule has 2 aliphatic heterocycles. The van der Waals surface area contributed by atoms with Gasteiger partial charge in [-0.3, -0.25) is 33.6 Å². The summed E-state index contributed by atoms with van der Waals surface area (Å²) in [6.07, 6.45) is 3.91. The summed E-state index contributed by atoms with van der Waals surface area (Å²) >= 11 is 0. The van der Waals surface area contributed by atoms with Gasteiger partial charge in [0.25, 0.3) is 0 Å². The van der Waals surface area contributed by atoms with Crippen molar-refractivity contribution in [2.45, 2.75) is 120 Å². The predicted octanol–water partition coefficient (Wildman–Crippen LogP) is 6.93. The smallest absolute Gasteiger partial charge is 0.306 e. The molecule has 8 rings (SSSR count). The topological polar surface area (TPSA) is 245 Å². The van der Waals surface area contributed by atoms with Crippen molar-refractivity contribution in [1.82, 2.24) is 25.8 Å². The minimum Gasteiger partial charge on any atom is -0.489 e. The number of rotatable bonds is 20. The molecule has 414 valence electrons. The van der Waals surface area contributed by atoms with Gasteiger partial charge < -0.3 is 46.8 Å². The van der Waals surface area contributed by atoms with E-state index >= 15 is 28.8 Å². The number of hydrogen-bond donors (Lipinski definition) is 6. The summed E-state index contributed by atoms with van der Waals surface area (Å²) in [4.78, 5) is 109. The number of nitrogens with one attached hydrogen (secondary N) is 4. The summed E-state index contributed by atoms with van der Waals surface area (Å²) < 4.78 is 12.0. The highest BCUT2D eigenvalue weighted by Crippen LogP contribution is 2.29. The third-order valence-electron chi connectivity index (χ3n) is 15.0. The number of aromatic amines is 1. The number of fused-ring (bicyclic) bond motifs is 2. The number of para-hydroxylation sites is 1. The molecule has 0 spiro atoms. The van der Waals surface area contributed by atoms with Crippen molar-refractivity contribution in [2.24, 2.45) is 23.3 Å². The summed E-state index contributed by atoms with van der Waals surface area (Å²) in [6.45, 7) is 0.931. The van der Waals surface area contributed by atoms with E-state index in [1.165, 1.54) is 4.90 Å². The molecule has 2 fully saturated rings. The van der Waals surface area contributed by atoms with Gasteiger partial charge in [-0.25, -0.2) is 0 Å². The van der Waals surface area contributed by atoms with Gasteiger partial charge in [0.05, 0.1) is 12.6 Å². The van der Waals surface area contributed by atoms with Crippen LogP contribution in [0.4, 0.5) is 0 Å². The average Bonchev–Trinajstić information content (AvgIpc) is 4.17. The third kappa shape index (κ3) is 16.1. The maximum Gasteiger partial charge on any atom is 0.306 e. The lowest BCUT2D eigenvalue weighted by Crippen LogP contribution is -2.56. The molecule has 3 heterocycles. The van der Waals surface area contributed by atoms with Gasteiger partial charge in [0, 0.05) is 61.0 Å². The Hall–Kier alpha value is -7.95. The van der Waals surface area contributed by atoms with E-state index in [0.717, 1.165) is 46.9 Å². The lowest BCUT2D eigenvalue weighted by molar-refractivity contribution is -0.149. The average molecular weight is 1070 g/mol. The summed E-state index contributed by atoms with van der Waals surface area (Å²) in [5, 5.41) is 9.94. The molecular weight excluding hydrogens is 999 g/mol. The molecular formula is C63H73N7O9. The van der Waals surface area contributed by atoms with Crippen LogP contribution in [0.25, 0.3) is 10.9 Å². The van der Waals surface area contributed by atoms with Crippen LogP contribution in [0.3, 0.4) is 0 Å². The van der Waals surface area contributed by atoms with Gasteiger partial charge in [0.2, 0.25) is 23.6 Å². The number of hydrogen-bond acceptors (Lipinski definition) is 11. The Balaban J connectivity index is 1.19. The van der Waals surface area contributed by atoms with Crippen molar-refractivity contribution in [3.05, 3.63) is 174 Å². The highest BCUT2D eigenvalue weighted by molar-refractivity contribution is 5.99. The standard InChI is InChI=1S/C63H73N7O9/c64-31-15-2-1-12-25-53-56(71)36-46(33-43-27-29-49(30-28-43)78-41-44-19-8-4-9-20-44)60(74)68-54(34-42-17-6-3-7-18-42)63(77)70-40-50(79-58(73)26-16-32-65)38-55(70)62(76)69-59(45-21-10-5-11-22-45)57(72)37-47(61(75)67-53)35-48-39-66-52-24-14-13-23-51(48)52/h3-11,13-14,17-24,27-30,39,46-47,50,53-55,59,66H,1-2,12,15-16,25-26,31-38,40-41,64-65H2,(H,67,75)(H,68,74)(H,69,76)/t46-,47-,50?,53?,54+,55+,59+/m1/s1. The molecule has 16 heteroatoms. The first-order chi connectivity index (χ1) is 38.5. The van der Waals surface area contributed by atoms with Crippen molar-refractivity contribution in [1.29, 1.82) is 0 Å². The maximum absolute atomic E-state index is 15.4. The zero-order chi connectivity index (χ0) is 55.5. The Bertz CT molecular complexity index is 2990. The van der Waals surface area contributed by atoms with Crippen LogP contribution in [0.5, 0.6) is 5.75 Å². The Morgan fingerprint density at radius 3 is 1.90 bits per heavy atom. The van der Waals surface area contributed by atoms with Crippen LogP contribution in [0.15, 0.2) is 146 Å². The van der Waals surface area contributed by atoms with E-state index in [9.17, 15) is 4.79 Å². The number of ether oxygens (including phenoxy) is 2. The number of carbonyl (C=O) groups is 7. The Kier molecular flexibility index (Phi) is 20.7. The van der Waals surface area contributed by atoms with Gasteiger partial charge in [0.15, 0.2) is 11.6 Å². The molecule has 2 aliphatic rings. The van der Waals surface area contributed by atoms with Crippen LogP contribution in [0.2, 0.25) is 0 Å². The Morgan fingerprint density at radius 2 is 1.19 bits per heavy atom. The van der Waals surface area contributed by atoms with E-state index in [0.29, 0.717) is 42.9 Å². The lowest BCUT2D eigenvalue weighted by Gasteiger charge is -2.31. The fraction of sp³-hybridized carbons (Fsp3) is 0.381. The van der Waals surface area contributed by atoms with Gasteiger partial charge >= 0.3 is 5.97 Å². The normalized spacial score (nSPS) is 21.6. The van der Waals surface area contributed by atoms with Crippen LogP contribution in [0, 0.1) is 11.8 Å². The molecule has 0 aliphatic carbocycles. The highest BCUT2D eigenvalue weighted by Gasteiger charge is 2.45. The fourth-order valence-corrected chi connectivity index (χ4v) is 10.7. The molecule has 79 heavy (non-hydrogen) atoms. The summed E-state index contributed by atoms with van der Waals surface area (Å²) in [5.74, 6) is -5.29. The molecule has 7 atom stereocenters. The Morgan fingerprint density at radius 1 is 0.582 bits per heavy atom. The van der Waals surface area contributed by atoms with E-state index < -0.39 is 77.5 Å². The second-order valence-electron chi connectivity index (χ2n) is 20.8. The zero-order valence-electron chi connectivity index (χ0n) is 44.7. The third-order valence-corrected chi connectivity index (χ3v) is 15.0. The second kappa shape index (κ2) is 28.6. The number of esters is 1. The molecule has 2 saturated heterocycles. The number of H-pyrrole nitrogens is 1. The van der Waals surface area contributed by atoms with Crippen LogP contribution in [-0.2, 0) is 64.2 Å². The minimum absolute atomic E-state index is 0.00967. The second-order valence-corrected chi connectivity index (χ2v) is 20.8. The molecule has 8 N–H and O–H groups in total. The van der Waals surface area contributed by atoms with Crippen molar-refractivity contribution in [3.63, 3.8) is 0 Å². The van der Waals surface area contributed by atoms with Gasteiger partial charge in [0.1, 0.15) is 36.6 Å². The molecule has 1 aromatic heterocycles. The lowest BCUT2D eigenvalue weighted by atomic mass is 9.87. The number of unbranched alkanes of at least 4 members (excludes halogenated alkanes) is 3. The number of carbonyl (C=O) groups excluding carboxylic acids is 7. The van der Waals surface area contributed by atoms with E-state index in [4.69, 9.17) is 20.9 Å². The molecule has 4 amide bonds. The molecule has 2 unspecified atom stereocenters. The molecule has 0 bridgehead atoms. The summed E-state index contributed by atoms with van der Waals surface area (Å²) in [6, 6.07) is 37.6. The molecule has 5 aromatic carbocycles. The number of nitrogens with zero attached hydrogens (tertiary/aromatic N) is 1. The van der Waals surface area contributed by atoms with Crippen LogP contribution in [0.1, 0.15) is 98.1 Å². The van der Waals surface area contributed by atoms with Crippen molar-refractivity contribution >= 4 is 52.1 Å². The number of benzene rings is 5. The van der Waals surface area contributed by atoms with Crippen LogP contribution < -0.4 is 32.2 Å². The molecule has 0 radical (unpaired) electrons. The van der Waals surface area contributed by atoms with Gasteiger partial charge in [-0.1, -0.05) is 141 Å². The van der Waals surface area contributed by atoms with Crippen molar-refractivity contribution in [2.75, 3.05) is 19.6 Å². The molecule has 6 aromatic rings. The first kappa shape index (κ1) is 57.2. The number of amides is 4. The summed E-state index contributed by atoms with van der Waals surface area (Å²) in [7, 11) is 0. The van der Waals surface area contributed by atoms with E-state index in [1.807, 2.05) is 103 Å². The van der Waals surface area contributed by atoms with E-state index in [2.05, 4.69) is 20.9 Å². The van der Waals surface area contributed by atoms with Gasteiger partial charge in [-0.15, -0.1) is 0 Å². The number of nitrogens with two attached hydrogens (primary N) is 2. The summed E-state index contributed by atoms with van der Waals surface area (Å²) in [5.41, 5.74) is 16.0. The van der Waals surface area contributed by atoms with E-state index in [1.54, 1.807) is 42.5 Å². The minimum atomic E-state index is -1.28. The monoisotopic (exact) mass is 1070 g/mol. The highest BCUT2D eigenvalue weighted by atomic mass is 16.5. The quantitative estimate of drug-likeness (QED) is 0.0338. The Labute approximate surface area is 461 Å². The fourth-order valence-electron chi connectivity index (χ4n) is 10.7. The largest absolute Gasteiger partial charge is 0.489 e. The maximum atomic E-state index is 15.4. The first-order valence-corrected chi connectivity index (χ1v) is 27.7. The van der Waals surface area contributed by atoms with Crippen LogP contribution >= 0.6 is 0 Å².